The highest BCUT2D eigenvalue weighted by Gasteiger charge is 2.22. The van der Waals surface area contributed by atoms with Crippen LogP contribution in [-0.4, -0.2) is 71.0 Å². The van der Waals surface area contributed by atoms with E-state index in [0.29, 0.717) is 18.5 Å². The molecule has 7 nitrogen and oxygen atoms in total. The third kappa shape index (κ3) is 8.18. The Labute approximate surface area is 192 Å². The molecule has 0 aromatic heterocycles. The van der Waals surface area contributed by atoms with Gasteiger partial charge in [-0.2, -0.15) is 0 Å². The van der Waals surface area contributed by atoms with Gasteiger partial charge >= 0.3 is 0 Å². The molecule has 1 aliphatic heterocycles. The van der Waals surface area contributed by atoms with Gasteiger partial charge in [-0.1, -0.05) is 26.0 Å². The van der Waals surface area contributed by atoms with E-state index in [9.17, 15) is 0 Å². The largest absolute Gasteiger partial charge is 0.493 e. The lowest BCUT2D eigenvalue weighted by Gasteiger charge is -2.35. The van der Waals surface area contributed by atoms with Crippen LogP contribution in [0, 0.1) is 5.92 Å². The zero-order valence-corrected chi connectivity index (χ0v) is 20.7. The van der Waals surface area contributed by atoms with Crippen LogP contribution in [0.1, 0.15) is 25.8 Å². The van der Waals surface area contributed by atoms with Gasteiger partial charge in [0.15, 0.2) is 17.5 Å². The van der Waals surface area contributed by atoms with Crippen LogP contribution in [0.5, 0.6) is 11.5 Å². The maximum Gasteiger partial charge on any atom is 0.191 e. The molecule has 0 amide bonds. The maximum atomic E-state index is 5.51. The van der Waals surface area contributed by atoms with Gasteiger partial charge < -0.3 is 24.8 Å². The van der Waals surface area contributed by atoms with Crippen molar-refractivity contribution in [2.45, 2.75) is 32.9 Å². The monoisotopic (exact) mass is 520 g/mol. The number of nitrogens with zero attached hydrogens (tertiary/aromatic N) is 2. The highest BCUT2D eigenvalue weighted by Crippen LogP contribution is 2.30. The SMILES string of the molecule is CN=C(NCc1cccc(OC)c1OC)NCC(CC(C)C)N1CCOCC1.I. The van der Waals surface area contributed by atoms with Crippen LogP contribution in [0.4, 0.5) is 0 Å². The van der Waals surface area contributed by atoms with Gasteiger partial charge in [0.25, 0.3) is 0 Å². The molecule has 8 heteroatoms. The number of methoxy groups -OCH3 is 2. The molecule has 1 saturated heterocycles. The summed E-state index contributed by atoms with van der Waals surface area (Å²) in [4.78, 5) is 6.90. The average molecular weight is 520 g/mol. The van der Waals surface area contributed by atoms with Gasteiger partial charge in [0, 0.05) is 44.8 Å². The lowest BCUT2D eigenvalue weighted by molar-refractivity contribution is 0.0132. The van der Waals surface area contributed by atoms with Gasteiger partial charge in [-0.3, -0.25) is 9.89 Å². The minimum absolute atomic E-state index is 0. The van der Waals surface area contributed by atoms with Gasteiger partial charge in [-0.15, -0.1) is 24.0 Å². The minimum Gasteiger partial charge on any atom is -0.493 e. The summed E-state index contributed by atoms with van der Waals surface area (Å²) < 4.78 is 16.4. The summed E-state index contributed by atoms with van der Waals surface area (Å²) in [7, 11) is 5.10. The lowest BCUT2D eigenvalue weighted by Crippen LogP contribution is -2.51. The van der Waals surface area contributed by atoms with Crippen molar-refractivity contribution >= 4 is 29.9 Å². The van der Waals surface area contributed by atoms with E-state index in [1.54, 1.807) is 21.3 Å². The number of guanidine groups is 1. The normalized spacial score (nSPS) is 16.1. The topological polar surface area (TPSA) is 67.4 Å². The molecule has 0 saturated carbocycles. The van der Waals surface area contributed by atoms with Crippen LogP contribution in [0.15, 0.2) is 23.2 Å². The molecule has 1 heterocycles. The molecule has 1 fully saturated rings. The number of hydrogen-bond donors (Lipinski definition) is 2. The third-order valence-corrected chi connectivity index (χ3v) is 4.97. The molecule has 0 radical (unpaired) electrons. The Kier molecular flexibility index (Phi) is 12.3. The number of aliphatic imine (C=N–C) groups is 1. The predicted octanol–water partition coefficient (Wildman–Crippen LogP) is 2.73. The van der Waals surface area contributed by atoms with Crippen molar-refractivity contribution in [3.8, 4) is 11.5 Å². The second-order valence-electron chi connectivity index (χ2n) is 7.39. The Morgan fingerprint density at radius 1 is 1.17 bits per heavy atom. The van der Waals surface area contributed by atoms with E-state index in [4.69, 9.17) is 14.2 Å². The number of halogens is 1. The Hall–Kier alpha value is -1.26. The first-order valence-electron chi connectivity index (χ1n) is 10.0. The van der Waals surface area contributed by atoms with E-state index in [1.165, 1.54) is 0 Å². The fraction of sp³-hybridized carbons (Fsp3) is 0.667. The summed E-state index contributed by atoms with van der Waals surface area (Å²) in [5, 5.41) is 6.88. The summed E-state index contributed by atoms with van der Waals surface area (Å²) >= 11 is 0. The molecular formula is C21H37IN4O3. The number of rotatable bonds is 9. The minimum atomic E-state index is 0. The number of benzene rings is 1. The number of para-hydroxylation sites is 1. The lowest BCUT2D eigenvalue weighted by atomic mass is 10.0. The Morgan fingerprint density at radius 2 is 1.90 bits per heavy atom. The van der Waals surface area contributed by atoms with E-state index in [1.807, 2.05) is 18.2 Å². The van der Waals surface area contributed by atoms with Gasteiger partial charge in [0.05, 0.1) is 27.4 Å². The second kappa shape index (κ2) is 13.9. The second-order valence-corrected chi connectivity index (χ2v) is 7.39. The van der Waals surface area contributed by atoms with Gasteiger partial charge in [-0.25, -0.2) is 0 Å². The first kappa shape index (κ1) is 25.8. The highest BCUT2D eigenvalue weighted by molar-refractivity contribution is 14.0. The first-order chi connectivity index (χ1) is 13.6. The quantitative estimate of drug-likeness (QED) is 0.297. The van der Waals surface area contributed by atoms with Gasteiger partial charge in [0.2, 0.25) is 0 Å². The standard InChI is InChI=1S/C21H36N4O3.HI/c1-16(2)13-18(25-9-11-28-12-10-25)15-24-21(22-3)23-14-17-7-6-8-19(26-4)20(17)27-5;/h6-8,16,18H,9-15H2,1-5H3,(H2,22,23,24);1H. The van der Waals surface area contributed by atoms with Crippen LogP contribution < -0.4 is 20.1 Å². The van der Waals surface area contributed by atoms with E-state index in [0.717, 1.165) is 62.3 Å². The molecule has 1 aliphatic rings. The summed E-state index contributed by atoms with van der Waals surface area (Å²) in [6.07, 6.45) is 1.15. The zero-order chi connectivity index (χ0) is 20.4. The van der Waals surface area contributed by atoms with Crippen LogP contribution in [0.2, 0.25) is 0 Å². The third-order valence-electron chi connectivity index (χ3n) is 4.97. The molecule has 1 unspecified atom stereocenters. The van der Waals surface area contributed by atoms with Crippen molar-refractivity contribution in [2.75, 3.05) is 54.1 Å². The molecule has 0 aliphatic carbocycles. The number of nitrogens with one attached hydrogen (secondary N) is 2. The highest BCUT2D eigenvalue weighted by atomic mass is 127. The fourth-order valence-electron chi connectivity index (χ4n) is 3.56. The van der Waals surface area contributed by atoms with Crippen molar-refractivity contribution in [2.24, 2.45) is 10.9 Å². The summed E-state index contributed by atoms with van der Waals surface area (Å²) in [6, 6.07) is 6.35. The van der Waals surface area contributed by atoms with Crippen molar-refractivity contribution in [1.82, 2.24) is 15.5 Å². The van der Waals surface area contributed by atoms with Crippen molar-refractivity contribution in [1.29, 1.82) is 0 Å². The number of hydrogen-bond acceptors (Lipinski definition) is 5. The summed E-state index contributed by atoms with van der Waals surface area (Å²) in [5.74, 6) is 2.91. The molecule has 166 valence electrons. The van der Waals surface area contributed by atoms with Crippen LogP contribution in [0.25, 0.3) is 0 Å². The molecule has 1 aromatic carbocycles. The van der Waals surface area contributed by atoms with Crippen molar-refractivity contribution < 1.29 is 14.2 Å². The Bertz CT molecular complexity index is 622. The Balaban J connectivity index is 0.00000420. The van der Waals surface area contributed by atoms with Gasteiger partial charge in [0.1, 0.15) is 0 Å². The molecule has 2 rings (SSSR count). The van der Waals surface area contributed by atoms with Crippen LogP contribution >= 0.6 is 24.0 Å². The van der Waals surface area contributed by atoms with E-state index in [2.05, 4.69) is 34.4 Å². The van der Waals surface area contributed by atoms with Crippen molar-refractivity contribution in [3.05, 3.63) is 23.8 Å². The number of ether oxygens (including phenoxy) is 3. The molecule has 1 atom stereocenters. The fourth-order valence-corrected chi connectivity index (χ4v) is 3.56. The van der Waals surface area contributed by atoms with E-state index in [-0.39, 0.29) is 24.0 Å². The summed E-state index contributed by atoms with van der Waals surface area (Å²) in [5.41, 5.74) is 1.02. The summed E-state index contributed by atoms with van der Waals surface area (Å²) in [6.45, 7) is 9.62. The van der Waals surface area contributed by atoms with Crippen LogP contribution in [0.3, 0.4) is 0 Å². The molecule has 29 heavy (non-hydrogen) atoms. The van der Waals surface area contributed by atoms with Crippen LogP contribution in [-0.2, 0) is 11.3 Å². The smallest absolute Gasteiger partial charge is 0.191 e. The predicted molar refractivity (Wildman–Crippen MR) is 129 cm³/mol. The van der Waals surface area contributed by atoms with Crippen molar-refractivity contribution in [3.63, 3.8) is 0 Å². The zero-order valence-electron chi connectivity index (χ0n) is 18.4. The molecule has 0 spiro atoms. The maximum absolute atomic E-state index is 5.51. The first-order valence-corrected chi connectivity index (χ1v) is 10.0. The molecule has 0 bridgehead atoms. The van der Waals surface area contributed by atoms with E-state index >= 15 is 0 Å². The average Bonchev–Trinajstić information content (AvgIpc) is 2.72. The Morgan fingerprint density at radius 3 is 2.48 bits per heavy atom. The molecule has 2 N–H and O–H groups in total. The van der Waals surface area contributed by atoms with E-state index < -0.39 is 0 Å². The molecular weight excluding hydrogens is 483 g/mol. The van der Waals surface area contributed by atoms with Gasteiger partial charge in [-0.05, 0) is 18.4 Å². The number of morpholine rings is 1. The molecule has 1 aromatic rings.